The quantitative estimate of drug-likeness (QED) is 0.740. The number of nitrogens with zero attached hydrogens (tertiary/aromatic N) is 2. The highest BCUT2D eigenvalue weighted by Gasteiger charge is 2.13. The Kier molecular flexibility index (Phi) is 7.55. The van der Waals surface area contributed by atoms with Gasteiger partial charge in [0.25, 0.3) is 5.91 Å². The normalized spacial score (nSPS) is 10.3. The van der Waals surface area contributed by atoms with Crippen LogP contribution in [0.15, 0.2) is 24.3 Å². The van der Waals surface area contributed by atoms with Crippen molar-refractivity contribution in [3.63, 3.8) is 0 Å². The molecule has 0 spiro atoms. The van der Waals surface area contributed by atoms with E-state index in [0.717, 1.165) is 5.56 Å². The van der Waals surface area contributed by atoms with Crippen molar-refractivity contribution in [1.29, 1.82) is 5.26 Å². The summed E-state index contributed by atoms with van der Waals surface area (Å²) in [7, 11) is 1.56. The van der Waals surface area contributed by atoms with Gasteiger partial charge in [0.15, 0.2) is 18.1 Å². The largest absolute Gasteiger partial charge is 0.493 e. The fourth-order valence-corrected chi connectivity index (χ4v) is 1.97. The Bertz CT molecular complexity index is 562. The third-order valence-electron chi connectivity index (χ3n) is 3.13. The van der Waals surface area contributed by atoms with E-state index in [1.165, 1.54) is 0 Å². The van der Waals surface area contributed by atoms with Crippen LogP contribution in [0.2, 0.25) is 0 Å². The van der Waals surface area contributed by atoms with Crippen LogP contribution >= 0.6 is 0 Å². The second-order valence-corrected chi connectivity index (χ2v) is 4.58. The van der Waals surface area contributed by atoms with Gasteiger partial charge in [-0.3, -0.25) is 4.79 Å². The van der Waals surface area contributed by atoms with E-state index in [4.69, 9.17) is 14.7 Å². The molecule has 0 radical (unpaired) electrons. The van der Waals surface area contributed by atoms with Crippen molar-refractivity contribution in [2.75, 3.05) is 26.8 Å². The van der Waals surface area contributed by atoms with Crippen LogP contribution in [0.5, 0.6) is 11.5 Å². The molecule has 0 saturated heterocycles. The molecule has 22 heavy (non-hydrogen) atoms. The monoisotopic (exact) mass is 302 g/mol. The number of carbonyl (C=O) groups is 1. The Morgan fingerprint density at radius 2 is 2.18 bits per heavy atom. The molecule has 5 nitrogen and oxygen atoms in total. The highest BCUT2D eigenvalue weighted by Crippen LogP contribution is 2.28. The lowest BCUT2D eigenvalue weighted by molar-refractivity contribution is -0.133. The molecule has 5 heteroatoms. The molecule has 0 aromatic heterocycles. The van der Waals surface area contributed by atoms with Gasteiger partial charge in [-0.25, -0.2) is 0 Å². The average Bonchev–Trinajstić information content (AvgIpc) is 2.54. The highest BCUT2D eigenvalue weighted by atomic mass is 16.5. The summed E-state index contributed by atoms with van der Waals surface area (Å²) in [5, 5.41) is 8.60. The maximum Gasteiger partial charge on any atom is 0.260 e. The molecule has 1 rings (SSSR count). The second-order valence-electron chi connectivity index (χ2n) is 4.58. The van der Waals surface area contributed by atoms with Crippen molar-refractivity contribution in [2.45, 2.75) is 20.3 Å². The van der Waals surface area contributed by atoms with Crippen LogP contribution in [0.4, 0.5) is 0 Å². The molecule has 0 fully saturated rings. The molecular weight excluding hydrogens is 280 g/mol. The van der Waals surface area contributed by atoms with E-state index in [2.05, 4.69) is 0 Å². The fourth-order valence-electron chi connectivity index (χ4n) is 1.97. The number of rotatable bonds is 8. The minimum Gasteiger partial charge on any atom is -0.493 e. The van der Waals surface area contributed by atoms with Crippen molar-refractivity contribution < 1.29 is 14.3 Å². The van der Waals surface area contributed by atoms with Gasteiger partial charge >= 0.3 is 0 Å². The van der Waals surface area contributed by atoms with Crippen molar-refractivity contribution in [2.24, 2.45) is 0 Å². The van der Waals surface area contributed by atoms with E-state index >= 15 is 0 Å². The fraction of sp³-hybridized carbons (Fsp3) is 0.412. The molecular formula is C17H22N2O3. The highest BCUT2D eigenvalue weighted by molar-refractivity contribution is 5.77. The summed E-state index contributed by atoms with van der Waals surface area (Å²) in [4.78, 5) is 13.7. The summed E-state index contributed by atoms with van der Waals surface area (Å²) in [6.45, 7) is 4.73. The summed E-state index contributed by atoms with van der Waals surface area (Å²) in [6, 6.07) is 7.57. The molecule has 1 aromatic carbocycles. The molecule has 0 aliphatic carbocycles. The van der Waals surface area contributed by atoms with E-state index in [-0.39, 0.29) is 12.5 Å². The zero-order valence-corrected chi connectivity index (χ0v) is 13.3. The lowest BCUT2D eigenvalue weighted by Gasteiger charge is -2.20. The van der Waals surface area contributed by atoms with Gasteiger partial charge in [-0.15, -0.1) is 0 Å². The summed E-state index contributed by atoms with van der Waals surface area (Å²) >= 11 is 0. The van der Waals surface area contributed by atoms with Crippen molar-refractivity contribution >= 4 is 12.0 Å². The molecule has 0 heterocycles. The first-order chi connectivity index (χ1) is 10.7. The van der Waals surface area contributed by atoms with Crippen molar-refractivity contribution in [3.05, 3.63) is 29.8 Å². The minimum atomic E-state index is -0.141. The first-order valence-corrected chi connectivity index (χ1v) is 7.24. The number of ether oxygens (including phenoxy) is 2. The van der Waals surface area contributed by atoms with Gasteiger partial charge in [-0.1, -0.05) is 18.2 Å². The molecule has 0 aliphatic rings. The molecule has 0 unspecified atom stereocenters. The predicted octanol–water partition coefficient (Wildman–Crippen LogP) is 2.87. The van der Waals surface area contributed by atoms with Crippen LogP contribution in [0.25, 0.3) is 6.08 Å². The maximum absolute atomic E-state index is 12.1. The number of benzene rings is 1. The molecule has 0 bridgehead atoms. The molecule has 0 saturated carbocycles. The van der Waals surface area contributed by atoms with Gasteiger partial charge in [0.2, 0.25) is 0 Å². The Balaban J connectivity index is 2.70. The second kappa shape index (κ2) is 9.46. The number of amides is 1. The summed E-state index contributed by atoms with van der Waals surface area (Å²) in [5.74, 6) is 0.973. The van der Waals surface area contributed by atoms with Crippen LogP contribution < -0.4 is 9.47 Å². The Labute approximate surface area is 131 Å². The first kappa shape index (κ1) is 17.6. The SMILES string of the molecule is C/C=C/c1ccc(OCC(=O)N(CC)CCC#N)c(OC)c1. The lowest BCUT2D eigenvalue weighted by Crippen LogP contribution is -2.35. The number of nitriles is 1. The zero-order chi connectivity index (χ0) is 16.4. The smallest absolute Gasteiger partial charge is 0.260 e. The van der Waals surface area contributed by atoms with E-state index in [1.807, 2.05) is 44.2 Å². The van der Waals surface area contributed by atoms with Gasteiger partial charge in [0.1, 0.15) is 0 Å². The molecule has 0 N–H and O–H groups in total. The van der Waals surface area contributed by atoms with Gasteiger partial charge in [0, 0.05) is 13.1 Å². The zero-order valence-electron chi connectivity index (χ0n) is 13.3. The van der Waals surface area contributed by atoms with Crippen molar-refractivity contribution in [1.82, 2.24) is 4.90 Å². The number of hydrogen-bond donors (Lipinski definition) is 0. The molecule has 0 atom stereocenters. The van der Waals surface area contributed by atoms with Gasteiger partial charge in [0.05, 0.1) is 19.6 Å². The summed E-state index contributed by atoms with van der Waals surface area (Å²) in [6.07, 6.45) is 4.21. The van der Waals surface area contributed by atoms with E-state index < -0.39 is 0 Å². The average molecular weight is 302 g/mol. The number of carbonyl (C=O) groups excluding carboxylic acids is 1. The van der Waals surface area contributed by atoms with Crippen LogP contribution in [0, 0.1) is 11.3 Å². The first-order valence-electron chi connectivity index (χ1n) is 7.24. The molecule has 0 aliphatic heterocycles. The topological polar surface area (TPSA) is 62.6 Å². The van der Waals surface area contributed by atoms with Crippen LogP contribution in [-0.2, 0) is 4.79 Å². The van der Waals surface area contributed by atoms with Crippen LogP contribution in [0.3, 0.4) is 0 Å². The van der Waals surface area contributed by atoms with Crippen LogP contribution in [0.1, 0.15) is 25.8 Å². The van der Waals surface area contributed by atoms with E-state index in [1.54, 1.807) is 18.1 Å². The van der Waals surface area contributed by atoms with Crippen molar-refractivity contribution in [3.8, 4) is 17.6 Å². The Morgan fingerprint density at radius 3 is 2.77 bits per heavy atom. The number of likely N-dealkylation sites (N-methyl/N-ethyl adjacent to an activating group) is 1. The van der Waals surface area contributed by atoms with E-state index in [0.29, 0.717) is 31.0 Å². The Hall–Kier alpha value is -2.48. The molecule has 1 aromatic rings. The summed E-state index contributed by atoms with van der Waals surface area (Å²) in [5.41, 5.74) is 1.00. The third kappa shape index (κ3) is 5.13. The van der Waals surface area contributed by atoms with Gasteiger partial charge < -0.3 is 14.4 Å². The number of allylic oxidation sites excluding steroid dienone is 1. The van der Waals surface area contributed by atoms with Gasteiger partial charge in [-0.05, 0) is 31.5 Å². The van der Waals surface area contributed by atoms with Gasteiger partial charge in [-0.2, -0.15) is 5.26 Å². The lowest BCUT2D eigenvalue weighted by atomic mass is 10.2. The number of methoxy groups -OCH3 is 1. The third-order valence-corrected chi connectivity index (χ3v) is 3.13. The Morgan fingerprint density at radius 1 is 1.41 bits per heavy atom. The maximum atomic E-state index is 12.1. The molecule has 118 valence electrons. The minimum absolute atomic E-state index is 0.0708. The summed E-state index contributed by atoms with van der Waals surface area (Å²) < 4.78 is 10.9. The predicted molar refractivity (Wildman–Crippen MR) is 85.7 cm³/mol. The number of hydrogen-bond acceptors (Lipinski definition) is 4. The van der Waals surface area contributed by atoms with Crippen LogP contribution in [-0.4, -0.2) is 37.6 Å². The van der Waals surface area contributed by atoms with E-state index in [9.17, 15) is 4.79 Å². The molecule has 1 amide bonds. The standard InChI is InChI=1S/C17H22N2O3/c1-4-7-14-8-9-15(16(12-14)21-3)22-13-17(20)19(5-2)11-6-10-18/h4,7-9,12H,5-6,11,13H2,1-3H3/b7-4+.